The Bertz CT molecular complexity index is 524. The van der Waals surface area contributed by atoms with Crippen molar-refractivity contribution in [2.24, 2.45) is 5.41 Å². The van der Waals surface area contributed by atoms with Crippen molar-refractivity contribution in [2.45, 2.75) is 51.6 Å². The first kappa shape index (κ1) is 13.5. The molecule has 1 aromatic rings. The Morgan fingerprint density at radius 3 is 2.85 bits per heavy atom. The molecule has 1 N–H and O–H groups in total. The lowest BCUT2D eigenvalue weighted by atomic mass is 10.0. The minimum Gasteiger partial charge on any atom is -0.492 e. The Balaban J connectivity index is 1.65. The van der Waals surface area contributed by atoms with Crippen molar-refractivity contribution >= 4 is 0 Å². The van der Waals surface area contributed by atoms with Crippen molar-refractivity contribution in [3.05, 3.63) is 29.3 Å². The van der Waals surface area contributed by atoms with Gasteiger partial charge in [0.15, 0.2) is 0 Å². The number of ether oxygens (including phenoxy) is 1. The molecule has 2 fully saturated rings. The molecule has 20 heavy (non-hydrogen) atoms. The van der Waals surface area contributed by atoms with Gasteiger partial charge in [0.2, 0.25) is 0 Å². The summed E-state index contributed by atoms with van der Waals surface area (Å²) in [7, 11) is 0. The zero-order chi connectivity index (χ0) is 14.0. The van der Waals surface area contributed by atoms with Gasteiger partial charge in [-0.05, 0) is 38.2 Å². The van der Waals surface area contributed by atoms with Crippen molar-refractivity contribution in [1.82, 2.24) is 5.32 Å². The summed E-state index contributed by atoms with van der Waals surface area (Å²) in [6.45, 7) is 3.66. The molecule has 0 bridgehead atoms. The maximum atomic E-state index is 8.88. The van der Waals surface area contributed by atoms with E-state index in [1.807, 2.05) is 0 Å². The number of nitrogens with zero attached hydrogens (tertiary/aromatic N) is 1. The number of hydrogen-bond acceptors (Lipinski definition) is 3. The molecule has 0 aliphatic heterocycles. The number of nitriles is 1. The van der Waals surface area contributed by atoms with Crippen molar-refractivity contribution in [2.75, 3.05) is 6.61 Å². The maximum Gasteiger partial charge on any atom is 0.126 e. The molecule has 0 amide bonds. The van der Waals surface area contributed by atoms with Crippen LogP contribution in [-0.2, 0) is 6.54 Å². The molecule has 0 aromatic heterocycles. The average molecular weight is 270 g/mol. The second kappa shape index (κ2) is 5.46. The van der Waals surface area contributed by atoms with Gasteiger partial charge >= 0.3 is 0 Å². The summed E-state index contributed by atoms with van der Waals surface area (Å²) in [6.07, 6.45) is 5.47. The van der Waals surface area contributed by atoms with Crippen molar-refractivity contribution in [3.8, 4) is 11.8 Å². The van der Waals surface area contributed by atoms with Gasteiger partial charge in [0.1, 0.15) is 5.75 Å². The van der Waals surface area contributed by atoms with E-state index in [0.29, 0.717) is 19.1 Å². The number of hydrogen-bond donors (Lipinski definition) is 1. The number of benzene rings is 1. The standard InChI is InChI=1S/C17H22N2O/c1-13-3-2-4-14(11-19-15-5-6-15)16(13)20-12-17(7-8-17)9-10-18/h2-4,15,19H,5-9,11-12H2,1H3. The fourth-order valence-corrected chi connectivity index (χ4v) is 2.54. The monoisotopic (exact) mass is 270 g/mol. The van der Waals surface area contributed by atoms with E-state index in [-0.39, 0.29) is 5.41 Å². The van der Waals surface area contributed by atoms with Crippen LogP contribution >= 0.6 is 0 Å². The van der Waals surface area contributed by atoms with Gasteiger partial charge in [0, 0.05) is 30.0 Å². The molecule has 2 aliphatic carbocycles. The first-order valence-corrected chi connectivity index (χ1v) is 7.54. The summed E-state index contributed by atoms with van der Waals surface area (Å²) in [5.74, 6) is 1.02. The van der Waals surface area contributed by atoms with E-state index in [4.69, 9.17) is 10.00 Å². The molecule has 1 aromatic carbocycles. The summed E-state index contributed by atoms with van der Waals surface area (Å²) < 4.78 is 6.11. The zero-order valence-electron chi connectivity index (χ0n) is 12.1. The Morgan fingerprint density at radius 1 is 1.40 bits per heavy atom. The van der Waals surface area contributed by atoms with Gasteiger partial charge in [-0.3, -0.25) is 0 Å². The second-order valence-corrected chi connectivity index (χ2v) is 6.34. The Morgan fingerprint density at radius 2 is 2.20 bits per heavy atom. The second-order valence-electron chi connectivity index (χ2n) is 6.34. The van der Waals surface area contributed by atoms with E-state index in [0.717, 1.165) is 25.1 Å². The van der Waals surface area contributed by atoms with Crippen LogP contribution in [0.15, 0.2) is 18.2 Å². The molecule has 2 aliphatic rings. The Hall–Kier alpha value is -1.53. The third-order valence-electron chi connectivity index (χ3n) is 4.39. The zero-order valence-corrected chi connectivity index (χ0v) is 12.1. The van der Waals surface area contributed by atoms with Crippen LogP contribution in [0, 0.1) is 23.7 Å². The Labute approximate surface area is 120 Å². The number of nitrogens with one attached hydrogen (secondary N) is 1. The van der Waals surface area contributed by atoms with Gasteiger partial charge in [-0.15, -0.1) is 0 Å². The molecule has 0 atom stereocenters. The highest BCUT2D eigenvalue weighted by molar-refractivity contribution is 5.41. The smallest absolute Gasteiger partial charge is 0.126 e. The summed E-state index contributed by atoms with van der Waals surface area (Å²) in [6, 6.07) is 9.33. The predicted octanol–water partition coefficient (Wildman–Crippen LogP) is 3.32. The van der Waals surface area contributed by atoms with E-state index < -0.39 is 0 Å². The van der Waals surface area contributed by atoms with Gasteiger partial charge in [0.25, 0.3) is 0 Å². The summed E-state index contributed by atoms with van der Waals surface area (Å²) in [5, 5.41) is 12.4. The predicted molar refractivity (Wildman–Crippen MR) is 78.4 cm³/mol. The van der Waals surface area contributed by atoms with Crippen molar-refractivity contribution < 1.29 is 4.74 Å². The molecule has 0 heterocycles. The van der Waals surface area contributed by atoms with Crippen LogP contribution in [0.1, 0.15) is 43.2 Å². The van der Waals surface area contributed by atoms with E-state index in [9.17, 15) is 0 Å². The fourth-order valence-electron chi connectivity index (χ4n) is 2.54. The van der Waals surface area contributed by atoms with Gasteiger partial charge in [-0.1, -0.05) is 18.2 Å². The van der Waals surface area contributed by atoms with Crippen LogP contribution in [0.5, 0.6) is 5.75 Å². The summed E-state index contributed by atoms with van der Waals surface area (Å²) >= 11 is 0. The highest BCUT2D eigenvalue weighted by atomic mass is 16.5. The van der Waals surface area contributed by atoms with Gasteiger partial charge in [-0.25, -0.2) is 0 Å². The van der Waals surface area contributed by atoms with Crippen LogP contribution in [0.2, 0.25) is 0 Å². The van der Waals surface area contributed by atoms with E-state index in [1.165, 1.54) is 24.0 Å². The van der Waals surface area contributed by atoms with Crippen LogP contribution in [0.4, 0.5) is 0 Å². The molecule has 3 rings (SSSR count). The van der Waals surface area contributed by atoms with Crippen LogP contribution < -0.4 is 10.1 Å². The molecular formula is C17H22N2O. The van der Waals surface area contributed by atoms with E-state index >= 15 is 0 Å². The molecule has 0 unspecified atom stereocenters. The normalized spacial score (nSPS) is 19.4. The maximum absolute atomic E-state index is 8.88. The minimum atomic E-state index is 0.137. The molecule has 0 spiro atoms. The average Bonchev–Trinajstić information content (AvgIpc) is 3.32. The van der Waals surface area contributed by atoms with Gasteiger partial charge in [-0.2, -0.15) is 5.26 Å². The van der Waals surface area contributed by atoms with Crippen LogP contribution in [-0.4, -0.2) is 12.6 Å². The van der Waals surface area contributed by atoms with Crippen LogP contribution in [0.3, 0.4) is 0 Å². The van der Waals surface area contributed by atoms with Gasteiger partial charge in [0.05, 0.1) is 12.7 Å². The topological polar surface area (TPSA) is 45.0 Å². The molecular weight excluding hydrogens is 248 g/mol. The number of aryl methyl sites for hydroxylation is 1. The lowest BCUT2D eigenvalue weighted by molar-refractivity contribution is 0.233. The first-order chi connectivity index (χ1) is 9.72. The summed E-state index contributed by atoms with van der Waals surface area (Å²) in [5.41, 5.74) is 2.57. The molecule has 3 nitrogen and oxygen atoms in total. The Kier molecular flexibility index (Phi) is 3.67. The molecule has 0 radical (unpaired) electrons. The SMILES string of the molecule is Cc1cccc(CNC2CC2)c1OCC1(CC#N)CC1. The first-order valence-electron chi connectivity index (χ1n) is 7.54. The molecule has 3 heteroatoms. The lowest BCUT2D eigenvalue weighted by Crippen LogP contribution is -2.18. The van der Waals surface area contributed by atoms with E-state index in [1.54, 1.807) is 0 Å². The number of rotatable bonds is 7. The fraction of sp³-hybridized carbons (Fsp3) is 0.588. The lowest BCUT2D eigenvalue weighted by Gasteiger charge is -2.18. The molecule has 2 saturated carbocycles. The molecule has 106 valence electrons. The third kappa shape index (κ3) is 3.13. The van der Waals surface area contributed by atoms with E-state index in [2.05, 4.69) is 36.5 Å². The summed E-state index contributed by atoms with van der Waals surface area (Å²) in [4.78, 5) is 0. The highest BCUT2D eigenvalue weighted by Crippen LogP contribution is 2.49. The highest BCUT2D eigenvalue weighted by Gasteiger charge is 2.43. The largest absolute Gasteiger partial charge is 0.492 e. The molecule has 0 saturated heterocycles. The quantitative estimate of drug-likeness (QED) is 0.826. The van der Waals surface area contributed by atoms with Gasteiger partial charge < -0.3 is 10.1 Å². The van der Waals surface area contributed by atoms with Crippen LogP contribution in [0.25, 0.3) is 0 Å². The van der Waals surface area contributed by atoms with Crippen molar-refractivity contribution in [3.63, 3.8) is 0 Å². The third-order valence-corrected chi connectivity index (χ3v) is 4.39. The van der Waals surface area contributed by atoms with Crippen molar-refractivity contribution in [1.29, 1.82) is 5.26 Å². The minimum absolute atomic E-state index is 0.137. The number of para-hydroxylation sites is 1.